The van der Waals surface area contributed by atoms with Crippen molar-refractivity contribution in [3.63, 3.8) is 0 Å². The molecule has 0 bridgehead atoms. The number of ether oxygens (including phenoxy) is 1. The lowest BCUT2D eigenvalue weighted by Crippen LogP contribution is -2.62. The van der Waals surface area contributed by atoms with Gasteiger partial charge in [0.25, 0.3) is 11.9 Å². The summed E-state index contributed by atoms with van der Waals surface area (Å²) < 4.78 is 87.9. The second-order valence-corrected chi connectivity index (χ2v) is 7.79. The number of nitrogens with zero attached hydrogens (tertiary/aromatic N) is 2. The second kappa shape index (κ2) is 7.38. The summed E-state index contributed by atoms with van der Waals surface area (Å²) in [5, 5.41) is 2.29. The second-order valence-electron chi connectivity index (χ2n) is 7.79. The third-order valence-corrected chi connectivity index (χ3v) is 5.13. The van der Waals surface area contributed by atoms with Crippen molar-refractivity contribution in [1.29, 1.82) is 0 Å². The molecule has 0 saturated carbocycles. The summed E-state index contributed by atoms with van der Waals surface area (Å²) in [6, 6.07) is 3.85. The molecule has 3 rings (SSSR count). The van der Waals surface area contributed by atoms with Crippen LogP contribution in [0.15, 0.2) is 41.5 Å². The molecule has 6 nitrogen and oxygen atoms in total. The molecule has 0 saturated heterocycles. The van der Waals surface area contributed by atoms with Crippen LogP contribution in [0.1, 0.15) is 42.4 Å². The molecule has 172 valence electrons. The van der Waals surface area contributed by atoms with Crippen molar-refractivity contribution < 1.29 is 35.9 Å². The Kier molecular flexibility index (Phi) is 5.39. The van der Waals surface area contributed by atoms with Crippen molar-refractivity contribution in [2.45, 2.75) is 44.0 Å². The van der Waals surface area contributed by atoms with Crippen molar-refractivity contribution in [3.8, 4) is 0 Å². The lowest BCUT2D eigenvalue weighted by Gasteiger charge is -2.46. The van der Waals surface area contributed by atoms with Gasteiger partial charge in [-0.3, -0.25) is 9.78 Å². The minimum absolute atomic E-state index is 0.108. The van der Waals surface area contributed by atoms with Crippen LogP contribution >= 0.6 is 0 Å². The van der Waals surface area contributed by atoms with E-state index in [1.54, 1.807) is 0 Å². The summed E-state index contributed by atoms with van der Waals surface area (Å²) >= 11 is 0. The summed E-state index contributed by atoms with van der Waals surface area (Å²) in [4.78, 5) is 19.5. The average Bonchev–Trinajstić information content (AvgIpc) is 2.67. The highest BCUT2D eigenvalue weighted by molar-refractivity contribution is 6.02. The van der Waals surface area contributed by atoms with Gasteiger partial charge in [-0.15, -0.1) is 0 Å². The first-order chi connectivity index (χ1) is 14.6. The van der Waals surface area contributed by atoms with Gasteiger partial charge in [-0.25, -0.2) is 9.38 Å². The SMILES string of the molecule is CC1(C)OC(N)=NC(C)(c2cc(NC(=O)c3ccc(C(F)(F)F)cn3)ccc2F)C1(F)F. The van der Waals surface area contributed by atoms with Gasteiger partial charge in [0.05, 0.1) is 5.56 Å². The van der Waals surface area contributed by atoms with Gasteiger partial charge in [0.2, 0.25) is 0 Å². The monoisotopic (exact) mass is 460 g/mol. The first-order valence-electron chi connectivity index (χ1n) is 9.15. The molecule has 2 heterocycles. The number of aliphatic imine (C=N–C) groups is 1. The van der Waals surface area contributed by atoms with Crippen LogP contribution in [0.3, 0.4) is 0 Å². The Labute approximate surface area is 178 Å². The maximum Gasteiger partial charge on any atom is 0.417 e. The Morgan fingerprint density at radius 3 is 2.34 bits per heavy atom. The maximum absolute atomic E-state index is 15.2. The lowest BCUT2D eigenvalue weighted by molar-refractivity contribution is -0.207. The number of carbonyl (C=O) groups is 1. The van der Waals surface area contributed by atoms with E-state index in [0.717, 1.165) is 45.0 Å². The third kappa shape index (κ3) is 3.84. The fraction of sp³-hybridized carbons (Fsp3) is 0.350. The standard InChI is InChI=1S/C20H18F6N4O2/c1-17(2)20(25,26)18(3,30-16(27)32-17)12-8-11(5-6-13(12)21)29-15(31)14-7-4-10(9-28-14)19(22,23)24/h4-9H,1-3H3,(H2,27,30)(H,29,31). The van der Waals surface area contributed by atoms with E-state index >= 15 is 8.78 Å². The van der Waals surface area contributed by atoms with Crippen LogP contribution in [0, 0.1) is 5.82 Å². The first-order valence-corrected chi connectivity index (χ1v) is 9.15. The van der Waals surface area contributed by atoms with Crippen LogP contribution in [0.5, 0.6) is 0 Å². The lowest BCUT2D eigenvalue weighted by atomic mass is 9.77. The molecule has 1 amide bonds. The van der Waals surface area contributed by atoms with E-state index < -0.39 is 52.1 Å². The van der Waals surface area contributed by atoms with E-state index in [0.29, 0.717) is 12.3 Å². The quantitative estimate of drug-likeness (QED) is 0.662. The number of alkyl halides is 5. The van der Waals surface area contributed by atoms with Gasteiger partial charge in [0, 0.05) is 17.4 Å². The molecule has 0 fully saturated rings. The number of anilines is 1. The summed E-state index contributed by atoms with van der Waals surface area (Å²) in [7, 11) is 0. The molecular formula is C20H18F6N4O2. The Balaban J connectivity index is 1.96. The van der Waals surface area contributed by atoms with E-state index in [1.165, 1.54) is 0 Å². The number of benzene rings is 1. The molecular weight excluding hydrogens is 442 g/mol. The van der Waals surface area contributed by atoms with E-state index in [-0.39, 0.29) is 11.4 Å². The minimum atomic E-state index is -4.63. The summed E-state index contributed by atoms with van der Waals surface area (Å²) in [6.45, 7) is 3.13. The smallest absolute Gasteiger partial charge is 0.417 e. The van der Waals surface area contributed by atoms with Crippen molar-refractivity contribution in [1.82, 2.24) is 4.98 Å². The molecule has 0 radical (unpaired) electrons. The molecule has 1 atom stereocenters. The number of rotatable bonds is 3. The van der Waals surface area contributed by atoms with E-state index in [1.807, 2.05) is 0 Å². The molecule has 2 aromatic rings. The van der Waals surface area contributed by atoms with Crippen LogP contribution in [-0.2, 0) is 16.5 Å². The summed E-state index contributed by atoms with van der Waals surface area (Å²) in [5.74, 6) is -5.68. The van der Waals surface area contributed by atoms with Crippen molar-refractivity contribution in [2.24, 2.45) is 10.7 Å². The summed E-state index contributed by atoms with van der Waals surface area (Å²) in [6.07, 6.45) is -4.15. The third-order valence-electron chi connectivity index (χ3n) is 5.13. The Morgan fingerprint density at radius 1 is 1.12 bits per heavy atom. The van der Waals surface area contributed by atoms with Gasteiger partial charge in [0.15, 0.2) is 11.1 Å². The molecule has 1 aliphatic rings. The fourth-order valence-corrected chi connectivity index (χ4v) is 3.32. The molecule has 3 N–H and O–H groups in total. The number of pyridine rings is 1. The number of carbonyl (C=O) groups excluding carboxylic acids is 1. The topological polar surface area (TPSA) is 89.6 Å². The number of amides is 1. The molecule has 1 aromatic heterocycles. The molecule has 12 heteroatoms. The van der Waals surface area contributed by atoms with Crippen LogP contribution in [-0.4, -0.2) is 28.4 Å². The largest absolute Gasteiger partial charge is 0.453 e. The molecule has 1 aliphatic heterocycles. The normalized spacial score (nSPS) is 22.0. The zero-order valence-electron chi connectivity index (χ0n) is 17.0. The highest BCUT2D eigenvalue weighted by Gasteiger charge is 2.66. The Morgan fingerprint density at radius 2 is 1.78 bits per heavy atom. The predicted octanol–water partition coefficient (Wildman–Crippen LogP) is 4.47. The van der Waals surface area contributed by atoms with E-state index in [9.17, 15) is 22.4 Å². The van der Waals surface area contributed by atoms with Crippen molar-refractivity contribution >= 4 is 17.6 Å². The van der Waals surface area contributed by atoms with Crippen LogP contribution in [0.25, 0.3) is 0 Å². The number of nitrogens with two attached hydrogens (primary N) is 1. The van der Waals surface area contributed by atoms with E-state index in [4.69, 9.17) is 10.5 Å². The van der Waals surface area contributed by atoms with Crippen LogP contribution < -0.4 is 11.1 Å². The first kappa shape index (κ1) is 23.4. The average molecular weight is 460 g/mol. The van der Waals surface area contributed by atoms with Gasteiger partial charge in [0.1, 0.15) is 11.5 Å². The number of aromatic nitrogens is 1. The molecule has 1 unspecified atom stereocenters. The van der Waals surface area contributed by atoms with Crippen molar-refractivity contribution in [2.75, 3.05) is 5.32 Å². The number of hydrogen-bond donors (Lipinski definition) is 2. The summed E-state index contributed by atoms with van der Waals surface area (Å²) in [5.41, 5.74) is -1.15. The van der Waals surface area contributed by atoms with Gasteiger partial charge in [-0.2, -0.15) is 22.0 Å². The zero-order valence-corrected chi connectivity index (χ0v) is 17.0. The van der Waals surface area contributed by atoms with Gasteiger partial charge in [-0.1, -0.05) is 0 Å². The molecule has 0 aliphatic carbocycles. The van der Waals surface area contributed by atoms with Gasteiger partial charge < -0.3 is 15.8 Å². The molecule has 32 heavy (non-hydrogen) atoms. The number of nitrogens with one attached hydrogen (secondary N) is 1. The number of hydrogen-bond acceptors (Lipinski definition) is 5. The highest BCUT2D eigenvalue weighted by Crippen LogP contribution is 2.51. The Hall–Kier alpha value is -3.31. The van der Waals surface area contributed by atoms with Crippen LogP contribution in [0.4, 0.5) is 32.0 Å². The Bertz CT molecular complexity index is 1080. The molecule has 0 spiro atoms. The van der Waals surface area contributed by atoms with Gasteiger partial charge in [-0.05, 0) is 51.1 Å². The number of amidine groups is 1. The van der Waals surface area contributed by atoms with Gasteiger partial charge >= 0.3 is 12.1 Å². The number of halogens is 6. The predicted molar refractivity (Wildman–Crippen MR) is 103 cm³/mol. The minimum Gasteiger partial charge on any atom is -0.453 e. The van der Waals surface area contributed by atoms with E-state index in [2.05, 4.69) is 15.3 Å². The van der Waals surface area contributed by atoms with Crippen molar-refractivity contribution in [3.05, 3.63) is 59.2 Å². The maximum atomic E-state index is 15.2. The fourth-order valence-electron chi connectivity index (χ4n) is 3.32. The zero-order chi connectivity index (χ0) is 24.1. The van der Waals surface area contributed by atoms with Crippen LogP contribution in [0.2, 0.25) is 0 Å². The highest BCUT2D eigenvalue weighted by atomic mass is 19.4. The molecule has 1 aromatic carbocycles.